The van der Waals surface area contributed by atoms with Gasteiger partial charge in [-0.15, -0.1) is 0 Å². The summed E-state index contributed by atoms with van der Waals surface area (Å²) in [5.41, 5.74) is 5.26. The van der Waals surface area contributed by atoms with E-state index in [-0.39, 0.29) is 23.7 Å². The minimum atomic E-state index is -1.07. The monoisotopic (exact) mass is 445 g/mol. The van der Waals surface area contributed by atoms with Crippen molar-refractivity contribution in [3.8, 4) is 11.8 Å². The average molecular weight is 446 g/mol. The Balaban J connectivity index is 1.66. The Labute approximate surface area is 197 Å². The summed E-state index contributed by atoms with van der Waals surface area (Å²) in [7, 11) is 4.11. The molecule has 4 heteroatoms. The third kappa shape index (κ3) is 3.49. The number of anilines is 1. The summed E-state index contributed by atoms with van der Waals surface area (Å²) in [6, 6.07) is 8.85. The van der Waals surface area contributed by atoms with E-state index in [1.807, 2.05) is 6.08 Å². The molecule has 2 fully saturated rings. The molecular formula is C29H35NO3. The van der Waals surface area contributed by atoms with E-state index in [9.17, 15) is 15.0 Å². The van der Waals surface area contributed by atoms with Crippen LogP contribution in [0.3, 0.4) is 0 Å². The predicted molar refractivity (Wildman–Crippen MR) is 131 cm³/mol. The lowest BCUT2D eigenvalue weighted by Crippen LogP contribution is -2.51. The first-order chi connectivity index (χ1) is 15.8. The van der Waals surface area contributed by atoms with Crippen molar-refractivity contribution in [3.63, 3.8) is 0 Å². The highest BCUT2D eigenvalue weighted by molar-refractivity contribution is 5.93. The lowest BCUT2D eigenvalue weighted by atomic mass is 9.51. The zero-order chi connectivity index (χ0) is 23.4. The van der Waals surface area contributed by atoms with E-state index in [1.54, 1.807) is 0 Å². The van der Waals surface area contributed by atoms with E-state index in [4.69, 9.17) is 0 Å². The maximum atomic E-state index is 12.2. The molecule has 1 aromatic rings. The predicted octanol–water partition coefficient (Wildman–Crippen LogP) is 4.38. The van der Waals surface area contributed by atoms with Crippen LogP contribution in [0.4, 0.5) is 5.69 Å². The molecule has 2 N–H and O–H groups in total. The molecule has 4 nitrogen and oxygen atoms in total. The lowest BCUT2D eigenvalue weighted by molar-refractivity contribution is -0.114. The topological polar surface area (TPSA) is 60.8 Å². The summed E-state index contributed by atoms with van der Waals surface area (Å²) in [4.78, 5) is 14.3. The summed E-state index contributed by atoms with van der Waals surface area (Å²) in [6.45, 7) is 2.01. The number of allylic oxidation sites excluding steroid dienone is 4. The number of aliphatic hydroxyl groups is 2. The average Bonchev–Trinajstić information content (AvgIpc) is 3.07. The fourth-order valence-corrected chi connectivity index (χ4v) is 7.36. The summed E-state index contributed by atoms with van der Waals surface area (Å²) < 4.78 is 0. The van der Waals surface area contributed by atoms with Crippen LogP contribution in [-0.2, 0) is 4.79 Å². The second-order valence-corrected chi connectivity index (χ2v) is 10.8. The van der Waals surface area contributed by atoms with Gasteiger partial charge in [-0.25, -0.2) is 0 Å². The van der Waals surface area contributed by atoms with Crippen molar-refractivity contribution in [1.82, 2.24) is 0 Å². The first-order valence-electron chi connectivity index (χ1n) is 12.3. The zero-order valence-electron chi connectivity index (χ0n) is 20.0. The Morgan fingerprint density at radius 1 is 1.12 bits per heavy atom. The molecule has 174 valence electrons. The molecule has 33 heavy (non-hydrogen) atoms. The first kappa shape index (κ1) is 22.4. The molecule has 0 saturated heterocycles. The molecule has 0 aliphatic heterocycles. The van der Waals surface area contributed by atoms with Crippen molar-refractivity contribution in [3.05, 3.63) is 52.6 Å². The Hall–Kier alpha value is -2.35. The van der Waals surface area contributed by atoms with Gasteiger partial charge in [-0.1, -0.05) is 36.5 Å². The van der Waals surface area contributed by atoms with Crippen LogP contribution in [-0.4, -0.2) is 42.3 Å². The Morgan fingerprint density at radius 3 is 2.58 bits per heavy atom. The fourth-order valence-electron chi connectivity index (χ4n) is 7.36. The van der Waals surface area contributed by atoms with Gasteiger partial charge >= 0.3 is 0 Å². The van der Waals surface area contributed by atoms with Crippen LogP contribution in [0.15, 0.2) is 47.1 Å². The zero-order valence-corrected chi connectivity index (χ0v) is 20.0. The highest BCUT2D eigenvalue weighted by Crippen LogP contribution is 2.66. The van der Waals surface area contributed by atoms with Crippen LogP contribution in [0.2, 0.25) is 0 Å². The van der Waals surface area contributed by atoms with Gasteiger partial charge in [0.1, 0.15) is 12.2 Å². The van der Waals surface area contributed by atoms with Gasteiger partial charge in [-0.3, -0.25) is 4.79 Å². The van der Waals surface area contributed by atoms with Gasteiger partial charge in [-0.05, 0) is 85.3 Å². The van der Waals surface area contributed by atoms with Crippen LogP contribution >= 0.6 is 0 Å². The van der Waals surface area contributed by atoms with Gasteiger partial charge in [0.25, 0.3) is 0 Å². The van der Waals surface area contributed by atoms with Gasteiger partial charge in [0, 0.05) is 37.5 Å². The largest absolute Gasteiger partial charge is 0.384 e. The Bertz CT molecular complexity index is 1090. The van der Waals surface area contributed by atoms with Crippen molar-refractivity contribution < 1.29 is 15.0 Å². The molecule has 0 spiro atoms. The minimum absolute atomic E-state index is 0.208. The van der Waals surface area contributed by atoms with Gasteiger partial charge in [0.2, 0.25) is 0 Å². The van der Waals surface area contributed by atoms with E-state index in [2.05, 4.69) is 62.0 Å². The van der Waals surface area contributed by atoms with Gasteiger partial charge < -0.3 is 15.1 Å². The molecule has 4 aliphatic carbocycles. The van der Waals surface area contributed by atoms with Gasteiger partial charge in [0.15, 0.2) is 5.78 Å². The number of hydrogen-bond acceptors (Lipinski definition) is 4. The number of benzene rings is 1. The maximum absolute atomic E-state index is 12.2. The number of aliphatic hydroxyl groups excluding tert-OH is 1. The van der Waals surface area contributed by atoms with Gasteiger partial charge in [0.05, 0.1) is 0 Å². The quantitative estimate of drug-likeness (QED) is 0.664. The second-order valence-electron chi connectivity index (χ2n) is 10.8. The summed E-state index contributed by atoms with van der Waals surface area (Å²) in [5.74, 6) is 7.10. The van der Waals surface area contributed by atoms with Crippen LogP contribution in [0, 0.1) is 29.1 Å². The van der Waals surface area contributed by atoms with Crippen LogP contribution in [0.5, 0.6) is 0 Å². The standard InChI is InChI=1S/C29H35NO3/c1-28-18-25(19-5-8-21(9-6-19)30(2)3)27-23-12-10-22(32)17-20(23)7-11-24(27)26(28)13-15-29(28,33)14-4-16-31/h5-6,8-9,17,24-26,31,33H,7,10-13,15-16,18H2,1-3H3/t24-,25+,26-,28-,29?/m0/s1. The molecule has 0 bridgehead atoms. The number of nitrogens with zero attached hydrogens (tertiary/aromatic N) is 1. The first-order valence-corrected chi connectivity index (χ1v) is 12.3. The molecular weight excluding hydrogens is 410 g/mol. The molecule has 0 amide bonds. The molecule has 0 radical (unpaired) electrons. The van der Waals surface area contributed by atoms with E-state index >= 15 is 0 Å². The summed E-state index contributed by atoms with van der Waals surface area (Å²) in [6.07, 6.45) is 7.80. The van der Waals surface area contributed by atoms with Crippen molar-refractivity contribution in [2.45, 2.75) is 63.4 Å². The van der Waals surface area contributed by atoms with E-state index in [1.165, 1.54) is 28.0 Å². The normalized spacial score (nSPS) is 35.1. The summed E-state index contributed by atoms with van der Waals surface area (Å²) >= 11 is 0. The van der Waals surface area contributed by atoms with E-state index < -0.39 is 5.60 Å². The number of ketones is 1. The second kappa shape index (κ2) is 8.15. The molecule has 1 unspecified atom stereocenters. The van der Waals surface area contributed by atoms with E-state index in [0.29, 0.717) is 24.7 Å². The molecule has 4 aliphatic rings. The number of carbonyl (C=O) groups excluding carboxylic acids is 1. The van der Waals surface area contributed by atoms with Crippen molar-refractivity contribution in [2.75, 3.05) is 25.6 Å². The highest BCUT2D eigenvalue weighted by Gasteiger charge is 2.62. The maximum Gasteiger partial charge on any atom is 0.156 e. The number of hydrogen-bond donors (Lipinski definition) is 2. The third-order valence-electron chi connectivity index (χ3n) is 9.07. The third-order valence-corrected chi connectivity index (χ3v) is 9.07. The Kier molecular flexibility index (Phi) is 5.54. The van der Waals surface area contributed by atoms with Crippen molar-refractivity contribution in [2.24, 2.45) is 17.3 Å². The van der Waals surface area contributed by atoms with Crippen LogP contribution in [0.1, 0.15) is 63.4 Å². The number of fused-ring (bicyclic) bond motifs is 4. The van der Waals surface area contributed by atoms with Crippen LogP contribution < -0.4 is 4.90 Å². The smallest absolute Gasteiger partial charge is 0.156 e. The molecule has 0 heterocycles. The molecule has 5 rings (SSSR count). The summed E-state index contributed by atoms with van der Waals surface area (Å²) in [5, 5.41) is 21.1. The molecule has 2 saturated carbocycles. The van der Waals surface area contributed by atoms with Gasteiger partial charge in [-0.2, -0.15) is 0 Å². The SMILES string of the molecule is CN(C)c1ccc([C@H]2C[C@@]3(C)[C@@H](CCC3(O)C#CCO)[C@@H]3CCC4=CC(=O)CCC4=C32)cc1. The molecule has 0 aromatic heterocycles. The van der Waals surface area contributed by atoms with Crippen molar-refractivity contribution >= 4 is 11.5 Å². The van der Waals surface area contributed by atoms with Crippen molar-refractivity contribution in [1.29, 1.82) is 0 Å². The van der Waals surface area contributed by atoms with E-state index in [0.717, 1.165) is 32.1 Å². The van der Waals surface area contributed by atoms with Crippen LogP contribution in [0.25, 0.3) is 0 Å². The minimum Gasteiger partial charge on any atom is -0.384 e. The number of rotatable bonds is 2. The fraction of sp³-hybridized carbons (Fsp3) is 0.552. The Morgan fingerprint density at radius 2 is 1.88 bits per heavy atom. The molecule has 1 aromatic carbocycles. The highest BCUT2D eigenvalue weighted by atomic mass is 16.3. The molecule has 5 atom stereocenters. The number of carbonyl (C=O) groups is 1. The lowest BCUT2D eigenvalue weighted by Gasteiger charge is -2.53.